The van der Waals surface area contributed by atoms with Crippen LogP contribution in [0.5, 0.6) is 5.75 Å². The molecule has 16 amide bonds. The monoisotopic (exact) mass is 1880 g/mol. The number of amides is 16. The maximum absolute atomic E-state index is 15.7. The molecule has 0 saturated carbocycles. The van der Waals surface area contributed by atoms with Gasteiger partial charge in [0.05, 0.1) is 43.8 Å². The molecule has 3 aromatic carbocycles. The summed E-state index contributed by atoms with van der Waals surface area (Å²) in [4.78, 5) is 279. The molecule has 3 aliphatic rings. The molecule has 3 saturated heterocycles. The fraction of sp³-hybridized carbons (Fsp3) is 0.522. The molecule has 3 fully saturated rings. The molecule has 0 bridgehead atoms. The van der Waals surface area contributed by atoms with E-state index in [2.05, 4.69) is 73.1 Å². The standard InChI is InChI=1S/C90H123N21O22S/c1-6-8-22-69-85(128)101-61(29-30-74(92)116)81(124)107-68(80(123)97-43-75(93)117)46-134-47-76(118)100-63(33-50-25-27-55(113)28-26-50)82(125)99-49(3)78(121)104-66(39-77(119)120)89(132)110-32-16-24-70(110)86(129)103-64(37-54-42-94-48-98-54)83(126)102-62(21-14-15-31-91)88(131)111-44-56(114)38-72(111)73(115)36-51(34-52-40-95-59-19-12-10-17-57(52)59)79(122)106-67(45-112)84(127)105-65(35-53-41-96-60-20-13-11-18-58(53)60)87(130)109(5)71(23-9-7-2)90(133)108(69)4/h10-13,17-20,25-28,40-42,48-49,51,56,61-72,95-96,112-114H,6-9,14-16,21-24,29-39,43-47,91H2,1-5H3,(H2,92,116)(H2,93,117)(H,94,98)(H,97,123)(H,99,125)(H,100,118)(H,101,128)(H,102,126)(H,103,129)(H,104,121)(H,105,127)(H,106,122)(H,107,124)(H,119,120)/t49-,51-,56-,61?,62+,63+,64+,65+,66+,67+,68+,69+,70+,71+,72+/m1/s1. The van der Waals surface area contributed by atoms with Crippen molar-refractivity contribution in [3.63, 3.8) is 0 Å². The number of carbonyl (C=O) groups excluding carboxylic acids is 17. The number of carboxylic acid groups (broad SMARTS) is 1. The van der Waals surface area contributed by atoms with E-state index < -0.39 is 254 Å². The van der Waals surface area contributed by atoms with E-state index >= 15 is 38.4 Å². The van der Waals surface area contributed by atoms with E-state index in [1.165, 1.54) is 57.8 Å². The average Bonchev–Trinajstić information content (AvgIpc) is 1.71. The molecule has 0 spiro atoms. The molecule has 9 rings (SSSR count). The summed E-state index contributed by atoms with van der Waals surface area (Å²) in [7, 11) is 2.63. The summed E-state index contributed by atoms with van der Waals surface area (Å²) in [6, 6.07) is -1.30. The number of Topliss-reactive ketones (excluding diaryl/α,β-unsaturated/α-hetero) is 1. The number of rotatable bonds is 27. The number of aromatic hydroxyl groups is 1. The van der Waals surface area contributed by atoms with Crippen LogP contribution in [0.4, 0.5) is 0 Å². The molecule has 0 radical (unpaired) electrons. The number of aliphatic hydroxyl groups is 2. The van der Waals surface area contributed by atoms with Crippen LogP contribution in [0.1, 0.15) is 146 Å². The van der Waals surface area contributed by atoms with Crippen molar-refractivity contribution in [1.82, 2.24) is 92.7 Å². The summed E-state index contributed by atoms with van der Waals surface area (Å²) in [6.45, 7) is 2.47. The van der Waals surface area contributed by atoms with Gasteiger partial charge in [-0.05, 0) is 112 Å². The lowest BCUT2D eigenvalue weighted by Crippen LogP contribution is -2.61. The van der Waals surface area contributed by atoms with E-state index in [1.54, 1.807) is 67.8 Å². The van der Waals surface area contributed by atoms with Crippen LogP contribution in [0.15, 0.2) is 97.7 Å². The Balaban J connectivity index is 1.09. The number of aliphatic hydroxyl groups excluding tert-OH is 2. The lowest BCUT2D eigenvalue weighted by atomic mass is 9.90. The third-order valence-electron chi connectivity index (χ3n) is 24.0. The van der Waals surface area contributed by atoms with Crippen LogP contribution in [0.3, 0.4) is 0 Å². The molecule has 6 heterocycles. The maximum Gasteiger partial charge on any atom is 0.305 e. The van der Waals surface area contributed by atoms with Gasteiger partial charge in [-0.3, -0.25) is 86.3 Å². The molecule has 3 aliphatic heterocycles. The highest BCUT2D eigenvalue weighted by atomic mass is 32.2. The molecule has 134 heavy (non-hydrogen) atoms. The first kappa shape index (κ1) is 104. The van der Waals surface area contributed by atoms with Crippen LogP contribution in [0.25, 0.3) is 21.8 Å². The zero-order valence-electron chi connectivity index (χ0n) is 75.5. The number of primary amides is 2. The Bertz CT molecular complexity index is 5170. The Morgan fingerprint density at radius 1 is 0.560 bits per heavy atom. The van der Waals surface area contributed by atoms with Gasteiger partial charge in [-0.15, -0.1) is 11.8 Å². The van der Waals surface area contributed by atoms with Gasteiger partial charge in [0.1, 0.15) is 78.3 Å². The van der Waals surface area contributed by atoms with Crippen LogP contribution in [0.2, 0.25) is 0 Å². The number of unbranched alkanes of at least 4 members (excludes halogenated alkanes) is 3. The van der Waals surface area contributed by atoms with Crippen molar-refractivity contribution in [2.75, 3.05) is 58.4 Å². The van der Waals surface area contributed by atoms with Crippen molar-refractivity contribution >= 4 is 140 Å². The van der Waals surface area contributed by atoms with E-state index in [9.17, 15) is 68.4 Å². The molecule has 3 aromatic heterocycles. The summed E-state index contributed by atoms with van der Waals surface area (Å²) >= 11 is 0.709. The van der Waals surface area contributed by atoms with Crippen LogP contribution < -0.4 is 70.4 Å². The molecule has 0 aliphatic carbocycles. The number of imidazole rings is 1. The van der Waals surface area contributed by atoms with Crippen molar-refractivity contribution in [2.24, 2.45) is 23.1 Å². The number of para-hydroxylation sites is 2. The smallest absolute Gasteiger partial charge is 0.305 e. The molecule has 44 heteroatoms. The van der Waals surface area contributed by atoms with Gasteiger partial charge in [-0.2, -0.15) is 0 Å². The number of nitrogens with one attached hydrogen (secondary N) is 13. The van der Waals surface area contributed by atoms with Crippen LogP contribution in [-0.4, -0.2) is 309 Å². The second kappa shape index (κ2) is 50.5. The number of hydrogen-bond donors (Lipinski definition) is 20. The Hall–Kier alpha value is -13.4. The fourth-order valence-electron chi connectivity index (χ4n) is 16.6. The largest absolute Gasteiger partial charge is 0.508 e. The number of nitrogens with zero attached hydrogens (tertiary/aromatic N) is 5. The number of carbonyl (C=O) groups is 18. The number of H-pyrrole nitrogens is 3. The molecule has 1 unspecified atom stereocenters. The number of nitrogens with two attached hydrogens (primary N) is 3. The van der Waals surface area contributed by atoms with Gasteiger partial charge >= 0.3 is 5.97 Å². The van der Waals surface area contributed by atoms with Gasteiger partial charge in [0.25, 0.3) is 0 Å². The highest BCUT2D eigenvalue weighted by Crippen LogP contribution is 2.30. The first-order chi connectivity index (χ1) is 64.0. The van der Waals surface area contributed by atoms with Gasteiger partial charge in [0.15, 0.2) is 5.78 Å². The summed E-state index contributed by atoms with van der Waals surface area (Å²) in [6.07, 6.45) is 2.22. The topological polar surface area (TPSA) is 660 Å². The number of phenols is 1. The lowest BCUT2D eigenvalue weighted by molar-refractivity contribution is -0.149. The van der Waals surface area contributed by atoms with E-state index in [4.69, 9.17) is 17.2 Å². The van der Waals surface area contributed by atoms with Crippen molar-refractivity contribution < 1.29 is 107 Å². The molecule has 726 valence electrons. The lowest BCUT2D eigenvalue weighted by Gasteiger charge is -2.36. The number of aromatic amines is 3. The predicted octanol–water partition coefficient (Wildman–Crippen LogP) is -2.50. The first-order valence-corrected chi connectivity index (χ1v) is 46.0. The quantitative estimate of drug-likeness (QED) is 0.0237. The van der Waals surface area contributed by atoms with Crippen LogP contribution in [0, 0.1) is 5.92 Å². The van der Waals surface area contributed by atoms with E-state index in [1.807, 2.05) is 6.92 Å². The number of thioether (sulfide) groups is 1. The summed E-state index contributed by atoms with van der Waals surface area (Å²) in [5.74, 6) is -20.7. The average molecular weight is 1880 g/mol. The van der Waals surface area contributed by atoms with Gasteiger partial charge < -0.3 is 125 Å². The normalized spacial score (nSPS) is 24.8. The van der Waals surface area contributed by atoms with Gasteiger partial charge in [0.2, 0.25) is 94.5 Å². The summed E-state index contributed by atoms with van der Waals surface area (Å²) < 4.78 is 0. The first-order valence-electron chi connectivity index (χ1n) is 44.9. The van der Waals surface area contributed by atoms with Gasteiger partial charge in [-0.25, -0.2) is 4.98 Å². The van der Waals surface area contributed by atoms with Crippen LogP contribution in [-0.2, 0) is 112 Å². The number of carboxylic acids is 1. The Labute approximate surface area is 776 Å². The Morgan fingerprint density at radius 3 is 1.77 bits per heavy atom. The van der Waals surface area contributed by atoms with Crippen molar-refractivity contribution in [2.45, 2.75) is 234 Å². The molecular weight excluding hydrogens is 1760 g/mol. The van der Waals surface area contributed by atoms with Gasteiger partial charge in [-0.1, -0.05) is 88.1 Å². The molecular formula is C90H123N21O22S. The number of likely N-dealkylation sites (N-methyl/N-ethyl adjacent to an activating group) is 2. The zero-order chi connectivity index (χ0) is 97.6. The second-order valence-electron chi connectivity index (χ2n) is 34.0. The SMILES string of the molecule is CCCC[C@H]1C(=O)N(C)[C@@H](CCCC)C(=O)NC(CCC(N)=O)C(=O)N[C@H](C(=O)NCC(N)=O)CSCC(=O)N[C@@H](Cc2ccc(O)cc2)C(=O)N[C@H](C)C(=O)N[C@@H](CC(=O)O)C(=O)N2CCC[C@H]2C(=O)N[C@@H](Cc2cnc[nH]2)C(=O)N[C@@H](CCCCN)C(=O)N2C[C@H](O)C[C@H]2C(=O)C[C@@H](Cc2c[nH]c3ccccc23)C(=O)N[C@@H](CO)C(=O)N[C@@H](Cc2c[nH]c3ccccc23)C(=O)N1C. The number of hydrogen-bond acceptors (Lipinski definition) is 24. The van der Waals surface area contributed by atoms with E-state index in [0.717, 1.165) is 19.6 Å². The Morgan fingerprint density at radius 2 is 1.14 bits per heavy atom. The second-order valence-corrected chi connectivity index (χ2v) is 35.0. The number of benzene rings is 3. The van der Waals surface area contributed by atoms with Gasteiger partial charge in [0, 0.05) is 123 Å². The van der Waals surface area contributed by atoms with Crippen molar-refractivity contribution in [1.29, 1.82) is 0 Å². The molecule has 6 aromatic rings. The minimum Gasteiger partial charge on any atom is -0.508 e. The Kier molecular flexibility index (Phi) is 39.3. The number of aliphatic carboxylic acids is 1. The summed E-state index contributed by atoms with van der Waals surface area (Å²) in [5.41, 5.74) is 19.9. The van der Waals surface area contributed by atoms with Crippen LogP contribution >= 0.6 is 11.8 Å². The third-order valence-corrected chi connectivity index (χ3v) is 25.0. The molecule has 23 N–H and O–H groups in total. The van der Waals surface area contributed by atoms with Crippen molar-refractivity contribution in [3.05, 3.63) is 120 Å². The van der Waals surface area contributed by atoms with E-state index in [-0.39, 0.29) is 95.9 Å². The van der Waals surface area contributed by atoms with E-state index in [0.29, 0.717) is 81.6 Å². The molecule has 43 nitrogen and oxygen atoms in total. The fourth-order valence-corrected chi connectivity index (χ4v) is 17.5. The number of fused-ring (bicyclic) bond motifs is 4. The number of aromatic nitrogens is 4. The molecule has 15 atom stereocenters. The number of ketones is 1. The number of phenolic OH excluding ortho intramolecular Hbond substituents is 1. The van der Waals surface area contributed by atoms with Crippen molar-refractivity contribution in [3.8, 4) is 5.75 Å². The highest BCUT2D eigenvalue weighted by Gasteiger charge is 2.47. The third kappa shape index (κ3) is 29.3. The summed E-state index contributed by atoms with van der Waals surface area (Å²) in [5, 5.41) is 70.0. The minimum atomic E-state index is -1.92. The highest BCUT2D eigenvalue weighted by molar-refractivity contribution is 8.00. The minimum absolute atomic E-state index is 0.0308. The predicted molar refractivity (Wildman–Crippen MR) is 487 cm³/mol. The maximum atomic E-state index is 15.7. The zero-order valence-corrected chi connectivity index (χ0v) is 76.3.